The Morgan fingerprint density at radius 2 is 1.89 bits per heavy atom. The summed E-state index contributed by atoms with van der Waals surface area (Å²) in [6.45, 7) is 8.48. The van der Waals surface area contributed by atoms with Crippen molar-refractivity contribution in [3.63, 3.8) is 0 Å². The summed E-state index contributed by atoms with van der Waals surface area (Å²) in [6.07, 6.45) is 2.40. The van der Waals surface area contributed by atoms with Gasteiger partial charge in [0.15, 0.2) is 0 Å². The molecule has 0 aliphatic carbocycles. The summed E-state index contributed by atoms with van der Waals surface area (Å²) in [5.74, 6) is -0.876. The van der Waals surface area contributed by atoms with Crippen molar-refractivity contribution < 1.29 is 9.90 Å². The molecule has 0 atom stereocenters. The van der Waals surface area contributed by atoms with Crippen LogP contribution in [-0.2, 0) is 6.54 Å². The third-order valence-corrected chi connectivity index (χ3v) is 3.06. The van der Waals surface area contributed by atoms with E-state index in [1.165, 1.54) is 12.8 Å². The monoisotopic (exact) mass is 249 g/mol. The first-order valence-electron chi connectivity index (χ1n) is 6.47. The zero-order valence-electron chi connectivity index (χ0n) is 11.5. The van der Waals surface area contributed by atoms with Gasteiger partial charge in [0, 0.05) is 13.1 Å². The van der Waals surface area contributed by atoms with Crippen molar-refractivity contribution in [3.05, 3.63) is 35.4 Å². The van der Waals surface area contributed by atoms with E-state index in [0.29, 0.717) is 11.0 Å². The maximum atomic E-state index is 10.7. The van der Waals surface area contributed by atoms with E-state index in [2.05, 4.69) is 26.1 Å². The van der Waals surface area contributed by atoms with Gasteiger partial charge in [-0.25, -0.2) is 4.79 Å². The molecule has 0 saturated carbocycles. The molecule has 0 fully saturated rings. The zero-order chi connectivity index (χ0) is 13.6. The number of carboxylic acids is 1. The molecular formula is C15H23NO2. The van der Waals surface area contributed by atoms with E-state index < -0.39 is 5.97 Å². The summed E-state index contributed by atoms with van der Waals surface area (Å²) in [5.41, 5.74) is 1.77. The average Bonchev–Trinajstić information content (AvgIpc) is 2.29. The Bertz CT molecular complexity index is 382. The maximum absolute atomic E-state index is 10.7. The second-order valence-corrected chi connectivity index (χ2v) is 5.52. The largest absolute Gasteiger partial charge is 0.478 e. The first-order valence-corrected chi connectivity index (χ1v) is 6.47. The molecule has 0 bridgehead atoms. The van der Waals surface area contributed by atoms with Gasteiger partial charge >= 0.3 is 5.97 Å². The topological polar surface area (TPSA) is 49.3 Å². The highest BCUT2D eigenvalue weighted by Gasteiger charge is 2.15. The van der Waals surface area contributed by atoms with Crippen LogP contribution < -0.4 is 5.32 Å². The van der Waals surface area contributed by atoms with E-state index in [9.17, 15) is 4.79 Å². The summed E-state index contributed by atoms with van der Waals surface area (Å²) < 4.78 is 0. The SMILES string of the molecule is CCCC(C)(C)CNCc1ccc(C(=O)O)cc1. The van der Waals surface area contributed by atoms with E-state index in [1.807, 2.05) is 12.1 Å². The van der Waals surface area contributed by atoms with Crippen LogP contribution in [0.5, 0.6) is 0 Å². The third kappa shape index (κ3) is 4.88. The third-order valence-electron chi connectivity index (χ3n) is 3.06. The van der Waals surface area contributed by atoms with Gasteiger partial charge in [-0.3, -0.25) is 0 Å². The van der Waals surface area contributed by atoms with Crippen molar-refractivity contribution in [1.29, 1.82) is 0 Å². The van der Waals surface area contributed by atoms with Crippen LogP contribution in [-0.4, -0.2) is 17.6 Å². The molecule has 0 spiro atoms. The maximum Gasteiger partial charge on any atom is 0.335 e. The van der Waals surface area contributed by atoms with Gasteiger partial charge < -0.3 is 10.4 Å². The van der Waals surface area contributed by atoms with Crippen LogP contribution in [0.1, 0.15) is 49.5 Å². The van der Waals surface area contributed by atoms with Crippen LogP contribution in [0.2, 0.25) is 0 Å². The van der Waals surface area contributed by atoms with Crippen molar-refractivity contribution in [2.75, 3.05) is 6.54 Å². The first kappa shape index (κ1) is 14.7. The smallest absolute Gasteiger partial charge is 0.335 e. The fourth-order valence-corrected chi connectivity index (χ4v) is 2.08. The number of carbonyl (C=O) groups is 1. The van der Waals surface area contributed by atoms with Crippen molar-refractivity contribution in [2.24, 2.45) is 5.41 Å². The molecule has 0 unspecified atom stereocenters. The van der Waals surface area contributed by atoms with Crippen molar-refractivity contribution in [1.82, 2.24) is 5.32 Å². The van der Waals surface area contributed by atoms with Gasteiger partial charge in [0.1, 0.15) is 0 Å². The van der Waals surface area contributed by atoms with Gasteiger partial charge in [0.05, 0.1) is 5.56 Å². The fourth-order valence-electron chi connectivity index (χ4n) is 2.08. The van der Waals surface area contributed by atoms with Crippen molar-refractivity contribution in [2.45, 2.75) is 40.2 Å². The fraction of sp³-hybridized carbons (Fsp3) is 0.533. The summed E-state index contributed by atoms with van der Waals surface area (Å²) in [6, 6.07) is 7.03. The number of hydrogen-bond acceptors (Lipinski definition) is 2. The van der Waals surface area contributed by atoms with Gasteiger partial charge in [-0.05, 0) is 29.5 Å². The van der Waals surface area contributed by atoms with E-state index >= 15 is 0 Å². The number of aromatic carboxylic acids is 1. The Kier molecular flexibility index (Phi) is 5.35. The molecule has 0 radical (unpaired) electrons. The second-order valence-electron chi connectivity index (χ2n) is 5.52. The molecule has 1 aromatic rings. The van der Waals surface area contributed by atoms with Gasteiger partial charge in [-0.2, -0.15) is 0 Å². The minimum Gasteiger partial charge on any atom is -0.478 e. The molecule has 0 aliphatic heterocycles. The Labute approximate surface area is 109 Å². The number of benzene rings is 1. The van der Waals surface area contributed by atoms with Gasteiger partial charge in [-0.1, -0.05) is 39.3 Å². The highest BCUT2D eigenvalue weighted by molar-refractivity contribution is 5.87. The quantitative estimate of drug-likeness (QED) is 0.779. The summed E-state index contributed by atoms with van der Waals surface area (Å²) in [4.78, 5) is 10.7. The van der Waals surface area contributed by atoms with Crippen LogP contribution in [0, 0.1) is 5.41 Å². The summed E-state index contributed by atoms with van der Waals surface area (Å²) in [7, 11) is 0. The molecule has 0 aliphatic rings. The highest BCUT2D eigenvalue weighted by Crippen LogP contribution is 2.20. The molecule has 0 aromatic heterocycles. The molecule has 0 heterocycles. The summed E-state index contributed by atoms with van der Waals surface area (Å²) >= 11 is 0. The number of carboxylic acid groups (broad SMARTS) is 1. The van der Waals surface area contributed by atoms with Crippen LogP contribution >= 0.6 is 0 Å². The molecule has 2 N–H and O–H groups in total. The van der Waals surface area contributed by atoms with Gasteiger partial charge in [-0.15, -0.1) is 0 Å². The molecule has 0 saturated heterocycles. The lowest BCUT2D eigenvalue weighted by molar-refractivity contribution is 0.0697. The van der Waals surface area contributed by atoms with Crippen molar-refractivity contribution >= 4 is 5.97 Å². The second kappa shape index (κ2) is 6.55. The average molecular weight is 249 g/mol. The van der Waals surface area contributed by atoms with Crippen LogP contribution in [0.15, 0.2) is 24.3 Å². The van der Waals surface area contributed by atoms with E-state index in [0.717, 1.165) is 18.7 Å². The zero-order valence-corrected chi connectivity index (χ0v) is 11.5. The lowest BCUT2D eigenvalue weighted by Gasteiger charge is -2.24. The van der Waals surface area contributed by atoms with Crippen LogP contribution in [0.4, 0.5) is 0 Å². The van der Waals surface area contributed by atoms with E-state index in [-0.39, 0.29) is 0 Å². The predicted octanol–water partition coefficient (Wildman–Crippen LogP) is 3.30. The first-order chi connectivity index (χ1) is 8.44. The Morgan fingerprint density at radius 3 is 2.39 bits per heavy atom. The van der Waals surface area contributed by atoms with Crippen molar-refractivity contribution in [3.8, 4) is 0 Å². The summed E-state index contributed by atoms with van der Waals surface area (Å²) in [5, 5.41) is 12.2. The molecule has 3 heteroatoms. The van der Waals surface area contributed by atoms with Gasteiger partial charge in [0.2, 0.25) is 0 Å². The Morgan fingerprint density at radius 1 is 1.28 bits per heavy atom. The minimum atomic E-state index is -0.876. The molecule has 1 rings (SSSR count). The molecule has 0 amide bonds. The molecule has 3 nitrogen and oxygen atoms in total. The van der Waals surface area contributed by atoms with E-state index in [1.54, 1.807) is 12.1 Å². The number of hydrogen-bond donors (Lipinski definition) is 2. The van der Waals surface area contributed by atoms with Crippen LogP contribution in [0.3, 0.4) is 0 Å². The van der Waals surface area contributed by atoms with Gasteiger partial charge in [0.25, 0.3) is 0 Å². The van der Waals surface area contributed by atoms with E-state index in [4.69, 9.17) is 5.11 Å². The Hall–Kier alpha value is -1.35. The van der Waals surface area contributed by atoms with Crippen LogP contribution in [0.25, 0.3) is 0 Å². The Balaban J connectivity index is 2.42. The normalized spacial score (nSPS) is 11.5. The molecule has 1 aromatic carbocycles. The lowest BCUT2D eigenvalue weighted by Crippen LogP contribution is -2.28. The number of nitrogens with one attached hydrogen (secondary N) is 1. The molecular weight excluding hydrogens is 226 g/mol. The standard InChI is InChI=1S/C15H23NO2/c1-4-9-15(2,3)11-16-10-12-5-7-13(8-6-12)14(17)18/h5-8,16H,4,9-11H2,1-3H3,(H,17,18). The predicted molar refractivity (Wildman–Crippen MR) is 73.8 cm³/mol. The lowest BCUT2D eigenvalue weighted by atomic mass is 9.88. The minimum absolute atomic E-state index is 0.315. The molecule has 18 heavy (non-hydrogen) atoms. The highest BCUT2D eigenvalue weighted by atomic mass is 16.4. The number of rotatable bonds is 7. The molecule has 100 valence electrons.